The molecule has 0 radical (unpaired) electrons. The van der Waals surface area contributed by atoms with Crippen molar-refractivity contribution in [2.75, 3.05) is 0 Å². The number of Topliss-reactive ketones (excluding diaryl/α,β-unsaturated/α-hetero) is 2. The third-order valence-corrected chi connectivity index (χ3v) is 3.39. The van der Waals surface area contributed by atoms with Gasteiger partial charge in [-0.1, -0.05) is 45.0 Å². The van der Waals surface area contributed by atoms with Gasteiger partial charge >= 0.3 is 0 Å². The summed E-state index contributed by atoms with van der Waals surface area (Å²) in [6.07, 6.45) is 0.772. The van der Waals surface area contributed by atoms with E-state index >= 15 is 0 Å². The monoisotopic (exact) mass is 299 g/mol. The zero-order chi connectivity index (χ0) is 16.5. The summed E-state index contributed by atoms with van der Waals surface area (Å²) < 4.78 is 0. The van der Waals surface area contributed by atoms with Gasteiger partial charge in [0.2, 0.25) is 11.7 Å². The minimum absolute atomic E-state index is 0.0876. The van der Waals surface area contributed by atoms with E-state index < -0.39 is 17.1 Å². The van der Waals surface area contributed by atoms with E-state index in [1.165, 1.54) is 6.07 Å². The zero-order valence-corrected chi connectivity index (χ0v) is 12.7. The van der Waals surface area contributed by atoms with Crippen LogP contribution in [0, 0.1) is 5.41 Å². The second-order valence-corrected chi connectivity index (χ2v) is 6.20. The fraction of sp³-hybridized carbons (Fsp3) is 0.294. The number of hydrogen-bond donors (Lipinski definition) is 1. The van der Waals surface area contributed by atoms with Gasteiger partial charge in [-0.05, 0) is 0 Å². The SMILES string of the molecule is CC(C)(C)C(=O)CC(=O)NC1=CC(=O)c2ccccc2C1=O. The number of ketones is 3. The molecule has 0 unspecified atom stereocenters. The first-order valence-electron chi connectivity index (χ1n) is 6.93. The summed E-state index contributed by atoms with van der Waals surface area (Å²) >= 11 is 0. The maximum atomic E-state index is 12.3. The highest BCUT2D eigenvalue weighted by atomic mass is 16.2. The Morgan fingerprint density at radius 1 is 1.05 bits per heavy atom. The van der Waals surface area contributed by atoms with Gasteiger partial charge in [-0.2, -0.15) is 0 Å². The summed E-state index contributed by atoms with van der Waals surface area (Å²) in [5.41, 5.74) is -0.149. The Hall–Kier alpha value is -2.56. The second-order valence-electron chi connectivity index (χ2n) is 6.20. The molecular weight excluding hydrogens is 282 g/mol. The molecule has 0 aromatic heterocycles. The van der Waals surface area contributed by atoms with E-state index in [9.17, 15) is 19.2 Å². The molecule has 5 heteroatoms. The van der Waals surface area contributed by atoms with Crippen molar-refractivity contribution in [2.24, 2.45) is 5.41 Å². The molecule has 0 fully saturated rings. The highest BCUT2D eigenvalue weighted by Crippen LogP contribution is 2.20. The van der Waals surface area contributed by atoms with Crippen LogP contribution in [0.3, 0.4) is 0 Å². The first kappa shape index (κ1) is 15.8. The third-order valence-electron chi connectivity index (χ3n) is 3.39. The van der Waals surface area contributed by atoms with Crippen molar-refractivity contribution in [3.8, 4) is 0 Å². The number of carbonyl (C=O) groups excluding carboxylic acids is 4. The summed E-state index contributed by atoms with van der Waals surface area (Å²) in [5, 5.41) is 2.37. The minimum Gasteiger partial charge on any atom is -0.322 e. The number of amides is 1. The summed E-state index contributed by atoms with van der Waals surface area (Å²) in [6.45, 7) is 5.15. The van der Waals surface area contributed by atoms with Crippen molar-refractivity contribution >= 4 is 23.3 Å². The molecule has 114 valence electrons. The Kier molecular flexibility index (Phi) is 4.08. The molecule has 1 N–H and O–H groups in total. The largest absolute Gasteiger partial charge is 0.322 e. The number of fused-ring (bicyclic) bond motifs is 1. The summed E-state index contributed by atoms with van der Waals surface area (Å²) in [4.78, 5) is 47.9. The van der Waals surface area contributed by atoms with Crippen molar-refractivity contribution < 1.29 is 19.2 Å². The van der Waals surface area contributed by atoms with E-state index in [0.29, 0.717) is 5.56 Å². The van der Waals surface area contributed by atoms with Crippen molar-refractivity contribution in [3.05, 3.63) is 47.2 Å². The molecule has 1 aromatic carbocycles. The van der Waals surface area contributed by atoms with E-state index in [-0.39, 0.29) is 29.2 Å². The average Bonchev–Trinajstić information content (AvgIpc) is 2.43. The molecule has 1 aliphatic carbocycles. The molecule has 2 rings (SSSR count). The summed E-state index contributed by atoms with van der Waals surface area (Å²) in [5.74, 6) is -1.59. The van der Waals surface area contributed by atoms with Crippen LogP contribution in [0.1, 0.15) is 47.9 Å². The molecule has 1 aliphatic rings. The molecule has 0 aliphatic heterocycles. The predicted molar refractivity (Wildman–Crippen MR) is 80.4 cm³/mol. The fourth-order valence-corrected chi connectivity index (χ4v) is 2.01. The van der Waals surface area contributed by atoms with E-state index in [1.54, 1.807) is 39.0 Å². The second kappa shape index (κ2) is 5.67. The van der Waals surface area contributed by atoms with Crippen molar-refractivity contribution in [3.63, 3.8) is 0 Å². The topological polar surface area (TPSA) is 80.3 Å². The molecule has 22 heavy (non-hydrogen) atoms. The highest BCUT2D eigenvalue weighted by molar-refractivity contribution is 6.25. The van der Waals surface area contributed by atoms with Gasteiger partial charge < -0.3 is 5.32 Å². The van der Waals surface area contributed by atoms with Gasteiger partial charge in [-0.3, -0.25) is 19.2 Å². The van der Waals surface area contributed by atoms with Crippen LogP contribution < -0.4 is 5.32 Å². The maximum Gasteiger partial charge on any atom is 0.231 e. The number of allylic oxidation sites excluding steroid dienone is 2. The lowest BCUT2D eigenvalue weighted by Crippen LogP contribution is -2.34. The molecule has 0 atom stereocenters. The maximum absolute atomic E-state index is 12.3. The Morgan fingerprint density at radius 2 is 1.64 bits per heavy atom. The van der Waals surface area contributed by atoms with Crippen molar-refractivity contribution in [1.29, 1.82) is 0 Å². The Balaban J connectivity index is 2.15. The highest BCUT2D eigenvalue weighted by Gasteiger charge is 2.28. The minimum atomic E-state index is -0.634. The summed E-state index contributed by atoms with van der Waals surface area (Å²) in [7, 11) is 0. The first-order chi connectivity index (χ1) is 10.2. The Morgan fingerprint density at radius 3 is 2.23 bits per heavy atom. The van der Waals surface area contributed by atoms with Crippen LogP contribution in [-0.4, -0.2) is 23.3 Å². The molecular formula is C17H17NO4. The lowest BCUT2D eigenvalue weighted by atomic mass is 9.88. The Bertz CT molecular complexity index is 708. The van der Waals surface area contributed by atoms with Crippen molar-refractivity contribution in [2.45, 2.75) is 27.2 Å². The van der Waals surface area contributed by atoms with E-state index in [0.717, 1.165) is 6.08 Å². The quantitative estimate of drug-likeness (QED) is 0.866. The van der Waals surface area contributed by atoms with Gasteiger partial charge in [0.25, 0.3) is 0 Å². The molecule has 1 aromatic rings. The number of carbonyl (C=O) groups is 4. The molecule has 0 bridgehead atoms. The van der Waals surface area contributed by atoms with E-state index in [2.05, 4.69) is 5.32 Å². The molecule has 0 heterocycles. The molecule has 5 nitrogen and oxygen atoms in total. The van der Waals surface area contributed by atoms with E-state index in [4.69, 9.17) is 0 Å². The van der Waals surface area contributed by atoms with Gasteiger partial charge in [-0.15, -0.1) is 0 Å². The van der Waals surface area contributed by atoms with Crippen LogP contribution >= 0.6 is 0 Å². The van der Waals surface area contributed by atoms with Crippen molar-refractivity contribution in [1.82, 2.24) is 5.32 Å². The van der Waals surface area contributed by atoms with Crippen LogP contribution in [0.15, 0.2) is 36.0 Å². The van der Waals surface area contributed by atoms with E-state index in [1.807, 2.05) is 0 Å². The normalized spacial score (nSPS) is 14.2. The van der Waals surface area contributed by atoms with Gasteiger partial charge in [-0.25, -0.2) is 0 Å². The van der Waals surface area contributed by atoms with Crippen LogP contribution in [0.2, 0.25) is 0 Å². The smallest absolute Gasteiger partial charge is 0.231 e. The number of nitrogens with one attached hydrogen (secondary N) is 1. The van der Waals surface area contributed by atoms with Crippen LogP contribution in [-0.2, 0) is 9.59 Å². The summed E-state index contributed by atoms with van der Waals surface area (Å²) in [6, 6.07) is 6.42. The standard InChI is InChI=1S/C17H17NO4/c1-17(2,3)14(20)9-15(21)18-12-8-13(19)10-6-4-5-7-11(10)16(12)22/h4-8H,9H2,1-3H3,(H,18,21). The van der Waals surface area contributed by atoms with Gasteiger partial charge in [0.1, 0.15) is 5.78 Å². The van der Waals surface area contributed by atoms with Crippen LogP contribution in [0.25, 0.3) is 0 Å². The molecule has 0 spiro atoms. The van der Waals surface area contributed by atoms with Gasteiger partial charge in [0.05, 0.1) is 12.1 Å². The van der Waals surface area contributed by atoms with Gasteiger partial charge in [0, 0.05) is 22.6 Å². The number of benzene rings is 1. The Labute approximate surface area is 128 Å². The van der Waals surface area contributed by atoms with Gasteiger partial charge in [0.15, 0.2) is 5.78 Å². The van der Waals surface area contributed by atoms with Crippen LogP contribution in [0.4, 0.5) is 0 Å². The number of hydrogen-bond acceptors (Lipinski definition) is 4. The molecule has 1 amide bonds. The zero-order valence-electron chi connectivity index (χ0n) is 12.7. The van der Waals surface area contributed by atoms with Crippen LogP contribution in [0.5, 0.6) is 0 Å². The molecule has 0 saturated heterocycles. The predicted octanol–water partition coefficient (Wildman–Crippen LogP) is 2.07. The lowest BCUT2D eigenvalue weighted by Gasteiger charge is -2.18. The first-order valence-corrected chi connectivity index (χ1v) is 6.93. The lowest BCUT2D eigenvalue weighted by molar-refractivity contribution is -0.132. The average molecular weight is 299 g/mol. The number of rotatable bonds is 3. The third kappa shape index (κ3) is 3.19. The fourth-order valence-electron chi connectivity index (χ4n) is 2.01. The molecule has 0 saturated carbocycles.